The summed E-state index contributed by atoms with van der Waals surface area (Å²) in [5.74, 6) is 0.272. The molecule has 9 aromatic rings. The van der Waals surface area contributed by atoms with Crippen LogP contribution in [0.15, 0.2) is 146 Å². The summed E-state index contributed by atoms with van der Waals surface area (Å²) in [5.41, 5.74) is 6.82. The van der Waals surface area contributed by atoms with Crippen molar-refractivity contribution in [2.75, 3.05) is 0 Å². The van der Waals surface area contributed by atoms with Crippen molar-refractivity contribution in [1.29, 1.82) is 0 Å². The molecule has 204 valence electrons. The number of allylic oxidation sites excluding steroid dienone is 1. The van der Waals surface area contributed by atoms with Gasteiger partial charge in [0.25, 0.3) is 0 Å². The summed E-state index contributed by atoms with van der Waals surface area (Å²) in [6, 6.07) is 52.2. The zero-order valence-corrected chi connectivity index (χ0v) is 24.2. The summed E-state index contributed by atoms with van der Waals surface area (Å²) in [4.78, 5) is 0. The van der Waals surface area contributed by atoms with Crippen molar-refractivity contribution in [3.05, 3.63) is 162 Å². The fourth-order valence-electron chi connectivity index (χ4n) is 8.22. The number of hydrogen-bond donors (Lipinski definition) is 0. The average molecular weight is 557 g/mol. The first-order valence-electron chi connectivity index (χ1n) is 15.6. The van der Waals surface area contributed by atoms with Crippen molar-refractivity contribution >= 4 is 70.7 Å². The maximum atomic E-state index is 2.46. The zero-order chi connectivity index (χ0) is 28.8. The fraction of sp³-hybridized carbons (Fsp3) is 0.0455. The molecule has 0 nitrogen and oxygen atoms in total. The zero-order valence-electron chi connectivity index (χ0n) is 24.2. The Hall–Kier alpha value is -5.46. The minimum Gasteiger partial charge on any atom is -0.0760 e. The van der Waals surface area contributed by atoms with E-state index in [9.17, 15) is 0 Å². The minimum absolute atomic E-state index is 0.272. The van der Waals surface area contributed by atoms with Gasteiger partial charge in [-0.15, -0.1) is 0 Å². The lowest BCUT2D eigenvalue weighted by atomic mass is 9.76. The van der Waals surface area contributed by atoms with Gasteiger partial charge in [0.15, 0.2) is 0 Å². The summed E-state index contributed by atoms with van der Waals surface area (Å²) in [7, 11) is 0. The van der Waals surface area contributed by atoms with E-state index in [1.807, 2.05) is 0 Å². The molecule has 0 saturated heterocycles. The molecule has 0 bridgehead atoms. The second kappa shape index (κ2) is 9.02. The van der Waals surface area contributed by atoms with Crippen LogP contribution >= 0.6 is 0 Å². The van der Waals surface area contributed by atoms with Crippen molar-refractivity contribution in [3.8, 4) is 11.1 Å². The molecular weight excluding hydrogens is 528 g/mol. The van der Waals surface area contributed by atoms with Crippen LogP contribution in [0.3, 0.4) is 0 Å². The van der Waals surface area contributed by atoms with Gasteiger partial charge in [-0.3, -0.25) is 0 Å². The Morgan fingerprint density at radius 1 is 0.432 bits per heavy atom. The van der Waals surface area contributed by atoms with E-state index in [-0.39, 0.29) is 5.92 Å². The smallest absolute Gasteiger partial charge is 0.00744 e. The first-order chi connectivity index (χ1) is 21.8. The van der Waals surface area contributed by atoms with Crippen LogP contribution in [0, 0.1) is 0 Å². The Labute approximate surface area is 255 Å². The molecule has 1 unspecified atom stereocenters. The molecule has 10 rings (SSSR count). The quantitative estimate of drug-likeness (QED) is 0.147. The van der Waals surface area contributed by atoms with Crippen LogP contribution in [0.2, 0.25) is 0 Å². The molecule has 0 amide bonds. The van der Waals surface area contributed by atoms with Gasteiger partial charge in [0, 0.05) is 5.92 Å². The van der Waals surface area contributed by atoms with Crippen molar-refractivity contribution in [2.45, 2.75) is 12.3 Å². The number of benzene rings is 9. The summed E-state index contributed by atoms with van der Waals surface area (Å²) in [6.45, 7) is 0. The molecular formula is C44H28. The number of fused-ring (bicyclic) bond motifs is 6. The molecule has 44 heavy (non-hydrogen) atoms. The molecule has 0 aliphatic heterocycles. The van der Waals surface area contributed by atoms with Gasteiger partial charge in [0.2, 0.25) is 0 Å². The van der Waals surface area contributed by atoms with E-state index in [1.54, 1.807) is 0 Å². The Kier molecular flexibility index (Phi) is 4.93. The van der Waals surface area contributed by atoms with Gasteiger partial charge in [0.05, 0.1) is 0 Å². The minimum atomic E-state index is 0.272. The number of rotatable bonds is 2. The Balaban J connectivity index is 1.46. The third-order valence-electron chi connectivity index (χ3n) is 10.1. The highest BCUT2D eigenvalue weighted by atomic mass is 14.3. The lowest BCUT2D eigenvalue weighted by molar-refractivity contribution is 0.841. The monoisotopic (exact) mass is 556 g/mol. The predicted octanol–water partition coefficient (Wildman–Crippen LogP) is 12.1. The van der Waals surface area contributed by atoms with E-state index in [4.69, 9.17) is 0 Å². The molecule has 0 spiro atoms. The van der Waals surface area contributed by atoms with Crippen LogP contribution in [0.4, 0.5) is 0 Å². The van der Waals surface area contributed by atoms with Crippen molar-refractivity contribution < 1.29 is 0 Å². The first kappa shape index (κ1) is 24.0. The Bertz CT molecular complexity index is 2630. The summed E-state index contributed by atoms with van der Waals surface area (Å²) >= 11 is 0. The van der Waals surface area contributed by atoms with E-state index in [1.165, 1.54) is 92.5 Å². The van der Waals surface area contributed by atoms with Gasteiger partial charge in [-0.25, -0.2) is 0 Å². The Morgan fingerprint density at radius 3 is 1.86 bits per heavy atom. The topological polar surface area (TPSA) is 0 Å². The molecule has 0 aromatic heterocycles. The second-order valence-electron chi connectivity index (χ2n) is 12.4. The molecule has 0 heterocycles. The van der Waals surface area contributed by atoms with Crippen molar-refractivity contribution in [2.24, 2.45) is 0 Å². The summed E-state index contributed by atoms with van der Waals surface area (Å²) < 4.78 is 0. The third-order valence-corrected chi connectivity index (χ3v) is 10.1. The predicted molar refractivity (Wildman–Crippen MR) is 190 cm³/mol. The molecule has 1 aliphatic carbocycles. The third kappa shape index (κ3) is 3.28. The van der Waals surface area contributed by atoms with Crippen molar-refractivity contribution in [3.63, 3.8) is 0 Å². The molecule has 0 radical (unpaired) electrons. The molecule has 0 N–H and O–H groups in total. The van der Waals surface area contributed by atoms with Gasteiger partial charge >= 0.3 is 0 Å². The maximum absolute atomic E-state index is 2.46. The highest BCUT2D eigenvalue weighted by Crippen LogP contribution is 2.51. The highest BCUT2D eigenvalue weighted by molar-refractivity contribution is 6.38. The highest BCUT2D eigenvalue weighted by Gasteiger charge is 2.26. The molecule has 9 aromatic carbocycles. The lowest BCUT2D eigenvalue weighted by Gasteiger charge is -2.27. The molecule has 0 heteroatoms. The SMILES string of the molecule is C1=CC(c2c3ccccc3c(-c3ccc4ccccc4c3)c3c4cccc5ccc6cccc(c23)c6c54)Cc2ccccc21. The van der Waals surface area contributed by atoms with Gasteiger partial charge in [-0.1, -0.05) is 146 Å². The molecule has 0 fully saturated rings. The first-order valence-corrected chi connectivity index (χ1v) is 15.6. The summed E-state index contributed by atoms with van der Waals surface area (Å²) in [5, 5.41) is 16.1. The van der Waals surface area contributed by atoms with Crippen LogP contribution in [0.5, 0.6) is 0 Å². The lowest BCUT2D eigenvalue weighted by Crippen LogP contribution is -2.08. The van der Waals surface area contributed by atoms with E-state index in [2.05, 4.69) is 152 Å². The van der Waals surface area contributed by atoms with Gasteiger partial charge < -0.3 is 0 Å². The normalized spacial score (nSPS) is 14.9. The van der Waals surface area contributed by atoms with Crippen LogP contribution < -0.4 is 0 Å². The van der Waals surface area contributed by atoms with Gasteiger partial charge in [-0.05, 0) is 105 Å². The molecule has 0 saturated carbocycles. The van der Waals surface area contributed by atoms with E-state index in [0.717, 1.165) is 6.42 Å². The average Bonchev–Trinajstić information content (AvgIpc) is 3.09. The molecule has 1 aliphatic rings. The second-order valence-corrected chi connectivity index (χ2v) is 12.4. The summed E-state index contributed by atoms with van der Waals surface area (Å²) in [6.07, 6.45) is 5.81. The van der Waals surface area contributed by atoms with Crippen LogP contribution in [0.1, 0.15) is 22.6 Å². The standard InChI is InChI=1S/C44H28/c1-3-11-31-25-33(23-19-27(31)9-1)41-35-15-5-6-16-36(35)42(34-24-20-28-10-2-4-12-32(28)26-34)44-38-18-8-14-30-22-21-29-13-7-17-37(43(41)44)39(29)40(30)38/h1-25,34H,26H2. The maximum Gasteiger partial charge on any atom is 0.00744 e. The Morgan fingerprint density at radius 2 is 1.05 bits per heavy atom. The van der Waals surface area contributed by atoms with Gasteiger partial charge in [-0.2, -0.15) is 0 Å². The van der Waals surface area contributed by atoms with Crippen LogP contribution in [-0.2, 0) is 6.42 Å². The van der Waals surface area contributed by atoms with E-state index >= 15 is 0 Å². The van der Waals surface area contributed by atoms with Crippen molar-refractivity contribution in [1.82, 2.24) is 0 Å². The van der Waals surface area contributed by atoms with E-state index < -0.39 is 0 Å². The van der Waals surface area contributed by atoms with Crippen LogP contribution in [0.25, 0.3) is 81.8 Å². The number of hydrogen-bond acceptors (Lipinski definition) is 0. The molecule has 1 atom stereocenters. The largest absolute Gasteiger partial charge is 0.0760 e. The van der Waals surface area contributed by atoms with E-state index in [0.29, 0.717) is 0 Å². The fourth-order valence-corrected chi connectivity index (χ4v) is 8.22. The van der Waals surface area contributed by atoms with Crippen LogP contribution in [-0.4, -0.2) is 0 Å². The van der Waals surface area contributed by atoms with Gasteiger partial charge in [0.1, 0.15) is 0 Å².